The van der Waals surface area contributed by atoms with Gasteiger partial charge in [-0.1, -0.05) is 12.1 Å². The van der Waals surface area contributed by atoms with E-state index < -0.39 is 69.7 Å². The third kappa shape index (κ3) is 2.03. The zero-order chi connectivity index (χ0) is 23.5. The molecule has 6 atom stereocenters. The highest BCUT2D eigenvalue weighted by atomic mass is 16.5. The van der Waals surface area contributed by atoms with Crippen molar-refractivity contribution in [3.63, 3.8) is 0 Å². The molecule has 0 aromatic heterocycles. The molecule has 1 aromatic rings. The molecule has 0 spiro atoms. The van der Waals surface area contributed by atoms with Gasteiger partial charge in [-0.15, -0.1) is 0 Å². The number of hydrogen-bond donors (Lipinski definition) is 5. The van der Waals surface area contributed by atoms with E-state index in [9.17, 15) is 34.8 Å². The SMILES string of the molecule is CN(C)[C@@H]1C(=O)C(C(N)=O)=C(O)[C@@]2(O)C(=O)C3=C(O)c4c(O)cccc4[C@@]4(C)O[C@@H]([C@@H]12)[C@@H]34. The van der Waals surface area contributed by atoms with Crippen molar-refractivity contribution in [3.05, 3.63) is 46.2 Å². The predicted octanol–water partition coefficient (Wildman–Crippen LogP) is -0.355. The quantitative estimate of drug-likeness (QED) is 0.384. The maximum absolute atomic E-state index is 13.7. The fraction of sp³-hybridized carbons (Fsp3) is 0.409. The molecule has 1 saturated carbocycles. The molecular formula is C22H22N2O8. The molecule has 0 radical (unpaired) electrons. The number of hydrogen-bond acceptors (Lipinski definition) is 9. The average molecular weight is 442 g/mol. The van der Waals surface area contributed by atoms with Gasteiger partial charge in [-0.05, 0) is 32.6 Å². The summed E-state index contributed by atoms with van der Waals surface area (Å²) in [6.45, 7) is 1.69. The molecule has 1 heterocycles. The first kappa shape index (κ1) is 20.7. The number of carbonyl (C=O) groups excluding carboxylic acids is 3. The molecule has 5 rings (SSSR count). The van der Waals surface area contributed by atoms with Gasteiger partial charge in [0.25, 0.3) is 5.91 Å². The summed E-state index contributed by atoms with van der Waals surface area (Å²) in [5, 5.41) is 43.8. The molecule has 1 aromatic carbocycles. The van der Waals surface area contributed by atoms with Crippen molar-refractivity contribution in [2.24, 2.45) is 17.6 Å². The second kappa shape index (κ2) is 5.97. The first-order valence-corrected chi connectivity index (χ1v) is 10.0. The summed E-state index contributed by atoms with van der Waals surface area (Å²) >= 11 is 0. The van der Waals surface area contributed by atoms with Crippen molar-refractivity contribution < 1.29 is 39.5 Å². The number of fused-ring (bicyclic) bond motifs is 4. The van der Waals surface area contributed by atoms with Gasteiger partial charge in [0.15, 0.2) is 11.4 Å². The van der Waals surface area contributed by atoms with E-state index >= 15 is 0 Å². The Morgan fingerprint density at radius 2 is 1.84 bits per heavy atom. The lowest BCUT2D eigenvalue weighted by Gasteiger charge is -2.65. The van der Waals surface area contributed by atoms with E-state index in [1.54, 1.807) is 19.1 Å². The summed E-state index contributed by atoms with van der Waals surface area (Å²) < 4.78 is 6.19. The molecule has 0 bridgehead atoms. The second-order valence-electron chi connectivity index (χ2n) is 9.11. The zero-order valence-electron chi connectivity index (χ0n) is 17.5. The number of aromatic hydroxyl groups is 1. The summed E-state index contributed by atoms with van der Waals surface area (Å²) in [5.74, 6) is -7.19. The van der Waals surface area contributed by atoms with Crippen molar-refractivity contribution >= 4 is 23.2 Å². The Morgan fingerprint density at radius 3 is 2.44 bits per heavy atom. The minimum Gasteiger partial charge on any atom is -0.508 e. The van der Waals surface area contributed by atoms with Crippen LogP contribution >= 0.6 is 0 Å². The molecule has 6 N–H and O–H groups in total. The fourth-order valence-electron chi connectivity index (χ4n) is 6.03. The third-order valence-electron chi connectivity index (χ3n) is 7.37. The van der Waals surface area contributed by atoms with Crippen LogP contribution in [0.5, 0.6) is 5.75 Å². The minimum atomic E-state index is -2.74. The van der Waals surface area contributed by atoms with Crippen LogP contribution in [-0.4, -0.2) is 74.6 Å². The number of rotatable bonds is 2. The number of carbonyl (C=O) groups is 3. The molecule has 1 saturated heterocycles. The summed E-state index contributed by atoms with van der Waals surface area (Å²) in [4.78, 5) is 40.2. The van der Waals surface area contributed by atoms with E-state index in [4.69, 9.17) is 10.5 Å². The molecule has 10 heteroatoms. The van der Waals surface area contributed by atoms with E-state index in [2.05, 4.69) is 0 Å². The van der Waals surface area contributed by atoms with Gasteiger partial charge in [-0.3, -0.25) is 19.3 Å². The standard InChI is InChI=1S/C22H22N2O8/c1-21-7-5-4-6-8(25)9(7)15(26)10-12(21)17(32-21)13-14(24(2)3)16(27)11(20(23)30)19(29)22(13,31)18(10)28/h4-6,12-14,17,25-26,29,31H,1-3H3,(H2,23,30)/t12-,13-,14+,17-,21-,22+/m1/s1. The smallest absolute Gasteiger partial charge is 0.255 e. The number of ketones is 2. The highest BCUT2D eigenvalue weighted by molar-refractivity contribution is 6.24. The summed E-state index contributed by atoms with van der Waals surface area (Å²) in [5.41, 5.74) is 0.786. The van der Waals surface area contributed by atoms with Crippen LogP contribution < -0.4 is 5.73 Å². The normalized spacial score (nSPS) is 37.7. The zero-order valence-corrected chi connectivity index (χ0v) is 17.5. The summed E-state index contributed by atoms with van der Waals surface area (Å²) in [7, 11) is 3.06. The number of nitrogens with zero attached hydrogens (tertiary/aromatic N) is 1. The predicted molar refractivity (Wildman–Crippen MR) is 108 cm³/mol. The van der Waals surface area contributed by atoms with Gasteiger partial charge in [-0.2, -0.15) is 0 Å². The van der Waals surface area contributed by atoms with Crippen molar-refractivity contribution in [2.75, 3.05) is 14.1 Å². The molecule has 32 heavy (non-hydrogen) atoms. The highest BCUT2D eigenvalue weighted by Crippen LogP contribution is 2.65. The van der Waals surface area contributed by atoms with Crippen LogP contribution in [-0.2, 0) is 24.7 Å². The lowest BCUT2D eigenvalue weighted by Crippen LogP contribution is -2.77. The van der Waals surface area contributed by atoms with E-state index in [1.165, 1.54) is 25.1 Å². The third-order valence-corrected chi connectivity index (χ3v) is 7.37. The number of nitrogens with two attached hydrogens (primary N) is 1. The Bertz CT molecular complexity index is 1200. The number of phenols is 1. The molecule has 1 amide bonds. The van der Waals surface area contributed by atoms with E-state index in [-0.39, 0.29) is 16.9 Å². The number of aliphatic hydroxyl groups excluding tert-OH is 2. The number of amides is 1. The Kier molecular flexibility index (Phi) is 3.86. The van der Waals surface area contributed by atoms with Gasteiger partial charge in [0, 0.05) is 0 Å². The Balaban J connectivity index is 1.84. The van der Waals surface area contributed by atoms with Crippen molar-refractivity contribution in [1.82, 2.24) is 4.90 Å². The maximum Gasteiger partial charge on any atom is 0.255 e. The molecule has 3 aliphatic carbocycles. The van der Waals surface area contributed by atoms with Gasteiger partial charge in [-0.25, -0.2) is 0 Å². The number of benzene rings is 1. The first-order valence-electron chi connectivity index (χ1n) is 10.0. The Hall–Kier alpha value is -3.21. The molecule has 4 aliphatic rings. The Labute approximate surface area is 182 Å². The summed E-state index contributed by atoms with van der Waals surface area (Å²) in [6, 6.07) is 3.37. The van der Waals surface area contributed by atoms with Gasteiger partial charge >= 0.3 is 0 Å². The first-order chi connectivity index (χ1) is 14.9. The number of likely N-dealkylation sites (N-methyl/N-ethyl adjacent to an activating group) is 1. The molecule has 10 nitrogen and oxygen atoms in total. The average Bonchev–Trinajstić information content (AvgIpc) is 2.69. The number of aliphatic hydroxyl groups is 3. The van der Waals surface area contributed by atoms with E-state index in [1.807, 2.05) is 0 Å². The molecule has 1 aliphatic heterocycles. The van der Waals surface area contributed by atoms with Crippen LogP contribution in [0.4, 0.5) is 0 Å². The number of ether oxygens (including phenoxy) is 1. The fourth-order valence-corrected chi connectivity index (χ4v) is 6.03. The Morgan fingerprint density at radius 1 is 1.19 bits per heavy atom. The van der Waals surface area contributed by atoms with Gasteiger partial charge in [0.2, 0.25) is 5.78 Å². The maximum atomic E-state index is 13.7. The lowest BCUT2D eigenvalue weighted by molar-refractivity contribution is -0.297. The van der Waals surface area contributed by atoms with Crippen LogP contribution in [0, 0.1) is 11.8 Å². The van der Waals surface area contributed by atoms with Crippen LogP contribution in [0.25, 0.3) is 5.76 Å². The van der Waals surface area contributed by atoms with Crippen LogP contribution in [0.3, 0.4) is 0 Å². The largest absolute Gasteiger partial charge is 0.508 e. The second-order valence-corrected chi connectivity index (χ2v) is 9.11. The number of phenolic OH excluding ortho intramolecular Hbond substituents is 1. The highest BCUT2D eigenvalue weighted by Gasteiger charge is 2.75. The molecule has 168 valence electrons. The van der Waals surface area contributed by atoms with Crippen LogP contribution in [0.2, 0.25) is 0 Å². The van der Waals surface area contributed by atoms with Gasteiger partial charge in [0.05, 0.1) is 35.1 Å². The van der Waals surface area contributed by atoms with E-state index in [0.29, 0.717) is 5.56 Å². The van der Waals surface area contributed by atoms with E-state index in [0.717, 1.165) is 0 Å². The van der Waals surface area contributed by atoms with Crippen molar-refractivity contribution in [2.45, 2.75) is 30.3 Å². The summed E-state index contributed by atoms with van der Waals surface area (Å²) in [6.07, 6.45) is -0.955. The number of Topliss-reactive ketones (excluding diaryl/α,β-unsaturated/α-hetero) is 2. The monoisotopic (exact) mass is 442 g/mol. The topological polar surface area (TPSA) is 171 Å². The van der Waals surface area contributed by atoms with Crippen molar-refractivity contribution in [1.29, 1.82) is 0 Å². The minimum absolute atomic E-state index is 0.00950. The molecule has 2 fully saturated rings. The van der Waals surface area contributed by atoms with Crippen molar-refractivity contribution in [3.8, 4) is 5.75 Å². The lowest BCUT2D eigenvalue weighted by atomic mass is 9.50. The number of primary amides is 1. The van der Waals surface area contributed by atoms with Gasteiger partial charge in [0.1, 0.15) is 28.4 Å². The van der Waals surface area contributed by atoms with Gasteiger partial charge < -0.3 is 30.9 Å². The van der Waals surface area contributed by atoms with Crippen LogP contribution in [0.15, 0.2) is 35.1 Å². The van der Waals surface area contributed by atoms with Crippen LogP contribution in [0.1, 0.15) is 18.1 Å². The molecular weight excluding hydrogens is 420 g/mol. The molecule has 0 unspecified atom stereocenters.